The Balaban J connectivity index is 1.84. The van der Waals surface area contributed by atoms with Gasteiger partial charge in [0.1, 0.15) is 0 Å². The van der Waals surface area contributed by atoms with Crippen LogP contribution in [0.2, 0.25) is 0 Å². The summed E-state index contributed by atoms with van der Waals surface area (Å²) in [6, 6.07) is 11.5. The molecule has 0 bridgehead atoms. The van der Waals surface area contributed by atoms with Crippen molar-refractivity contribution in [2.45, 2.75) is 64.8 Å². The second-order valence-corrected chi connectivity index (χ2v) is 6.62. The topological polar surface area (TPSA) is 12.0 Å². The molecule has 20 heavy (non-hydrogen) atoms. The zero-order valence-electron chi connectivity index (χ0n) is 13.3. The second-order valence-electron chi connectivity index (χ2n) is 6.62. The minimum absolute atomic E-state index is 0.551. The molecule has 1 N–H and O–H groups in total. The average molecular weight is 273 g/mol. The third-order valence-corrected chi connectivity index (χ3v) is 4.84. The highest BCUT2D eigenvalue weighted by Crippen LogP contribution is 2.33. The van der Waals surface area contributed by atoms with Crippen molar-refractivity contribution in [3.63, 3.8) is 0 Å². The summed E-state index contributed by atoms with van der Waals surface area (Å²) in [4.78, 5) is 0. The first-order valence-corrected chi connectivity index (χ1v) is 8.58. The summed E-state index contributed by atoms with van der Waals surface area (Å²) in [5.74, 6) is 1.94. The van der Waals surface area contributed by atoms with Gasteiger partial charge in [-0.05, 0) is 43.2 Å². The Morgan fingerprint density at radius 2 is 1.80 bits per heavy atom. The highest BCUT2D eigenvalue weighted by Gasteiger charge is 2.19. The van der Waals surface area contributed by atoms with Gasteiger partial charge in [-0.3, -0.25) is 0 Å². The van der Waals surface area contributed by atoms with Gasteiger partial charge in [-0.25, -0.2) is 0 Å². The first kappa shape index (κ1) is 15.6. The number of benzene rings is 1. The molecule has 0 amide bonds. The molecular formula is C19H31N. The summed E-state index contributed by atoms with van der Waals surface area (Å²) in [6.45, 7) is 5.78. The van der Waals surface area contributed by atoms with Crippen molar-refractivity contribution in [2.24, 2.45) is 11.8 Å². The zero-order valence-corrected chi connectivity index (χ0v) is 13.3. The lowest BCUT2D eigenvalue weighted by Gasteiger charge is -2.28. The minimum Gasteiger partial charge on any atom is -0.310 e. The molecule has 0 radical (unpaired) electrons. The molecule has 0 saturated heterocycles. The Morgan fingerprint density at radius 1 is 1.10 bits per heavy atom. The molecule has 1 aliphatic carbocycles. The summed E-state index contributed by atoms with van der Waals surface area (Å²) in [6.07, 6.45) is 9.70. The summed E-state index contributed by atoms with van der Waals surface area (Å²) in [5.41, 5.74) is 1.46. The fraction of sp³-hybridized carbons (Fsp3) is 0.684. The first-order chi connectivity index (χ1) is 9.79. The summed E-state index contributed by atoms with van der Waals surface area (Å²) < 4.78 is 0. The van der Waals surface area contributed by atoms with Gasteiger partial charge < -0.3 is 5.32 Å². The molecular weight excluding hydrogens is 242 g/mol. The molecule has 112 valence electrons. The van der Waals surface area contributed by atoms with E-state index in [9.17, 15) is 0 Å². The Bertz CT molecular complexity index is 351. The molecule has 1 atom stereocenters. The van der Waals surface area contributed by atoms with Gasteiger partial charge >= 0.3 is 0 Å². The molecule has 1 unspecified atom stereocenters. The zero-order chi connectivity index (χ0) is 14.2. The maximum Gasteiger partial charge on any atom is 0.0320 e. The van der Waals surface area contributed by atoms with Crippen LogP contribution in [0.3, 0.4) is 0 Å². The van der Waals surface area contributed by atoms with Crippen molar-refractivity contribution in [3.8, 4) is 0 Å². The molecule has 2 rings (SSSR count). The van der Waals surface area contributed by atoms with E-state index in [0.717, 1.165) is 18.4 Å². The second kappa shape index (κ2) is 8.46. The minimum atomic E-state index is 0.551. The van der Waals surface area contributed by atoms with Crippen molar-refractivity contribution in [2.75, 3.05) is 6.54 Å². The van der Waals surface area contributed by atoms with Crippen LogP contribution in [0, 0.1) is 11.8 Å². The van der Waals surface area contributed by atoms with Gasteiger partial charge in [0.15, 0.2) is 0 Å². The Labute approximate surface area is 125 Å². The van der Waals surface area contributed by atoms with Gasteiger partial charge in [-0.1, -0.05) is 69.9 Å². The summed E-state index contributed by atoms with van der Waals surface area (Å²) in [7, 11) is 0. The largest absolute Gasteiger partial charge is 0.310 e. The van der Waals surface area contributed by atoms with E-state index < -0.39 is 0 Å². The van der Waals surface area contributed by atoms with Crippen LogP contribution in [0.5, 0.6) is 0 Å². The highest BCUT2D eigenvalue weighted by atomic mass is 14.9. The van der Waals surface area contributed by atoms with Gasteiger partial charge in [0.25, 0.3) is 0 Å². The predicted octanol–water partition coefficient (Wildman–Crippen LogP) is 5.33. The molecule has 1 aliphatic rings. The standard InChI is InChI=1S/C19H31N/c1-3-15-20-19(18-7-5-4-6-8-18)14-13-17-11-9-16(2)10-12-17/h4-8,16-17,19-20H,3,9-15H2,1-2H3. The van der Waals surface area contributed by atoms with Crippen molar-refractivity contribution in [1.82, 2.24) is 5.32 Å². The van der Waals surface area contributed by atoms with Gasteiger partial charge in [0.05, 0.1) is 0 Å². The molecule has 0 spiro atoms. The van der Waals surface area contributed by atoms with Crippen LogP contribution in [-0.2, 0) is 0 Å². The molecule has 1 nitrogen and oxygen atoms in total. The van der Waals surface area contributed by atoms with Gasteiger partial charge in [0.2, 0.25) is 0 Å². The van der Waals surface area contributed by atoms with Crippen LogP contribution in [-0.4, -0.2) is 6.54 Å². The van der Waals surface area contributed by atoms with Gasteiger partial charge in [0, 0.05) is 6.04 Å². The van der Waals surface area contributed by atoms with Crippen LogP contribution in [0.4, 0.5) is 0 Å². The molecule has 1 saturated carbocycles. The summed E-state index contributed by atoms with van der Waals surface area (Å²) >= 11 is 0. The molecule has 1 aromatic rings. The smallest absolute Gasteiger partial charge is 0.0320 e. The number of hydrogen-bond donors (Lipinski definition) is 1. The lowest BCUT2D eigenvalue weighted by molar-refractivity contribution is 0.264. The quantitative estimate of drug-likeness (QED) is 0.707. The third-order valence-electron chi connectivity index (χ3n) is 4.84. The van der Waals surface area contributed by atoms with Crippen LogP contribution in [0.15, 0.2) is 30.3 Å². The van der Waals surface area contributed by atoms with E-state index in [0.29, 0.717) is 6.04 Å². The fourth-order valence-corrected chi connectivity index (χ4v) is 3.41. The average Bonchev–Trinajstić information content (AvgIpc) is 2.50. The van der Waals surface area contributed by atoms with Crippen LogP contribution in [0.1, 0.15) is 70.4 Å². The van der Waals surface area contributed by atoms with Crippen molar-refractivity contribution in [3.05, 3.63) is 35.9 Å². The lowest BCUT2D eigenvalue weighted by atomic mass is 9.80. The maximum atomic E-state index is 3.73. The van der Waals surface area contributed by atoms with Crippen LogP contribution >= 0.6 is 0 Å². The SMILES string of the molecule is CCCNC(CCC1CCC(C)CC1)c1ccccc1. The fourth-order valence-electron chi connectivity index (χ4n) is 3.41. The van der Waals surface area contributed by atoms with Crippen LogP contribution in [0.25, 0.3) is 0 Å². The normalized spacial score (nSPS) is 24.5. The number of hydrogen-bond acceptors (Lipinski definition) is 1. The molecule has 0 aliphatic heterocycles. The predicted molar refractivity (Wildman–Crippen MR) is 87.8 cm³/mol. The van der Waals surface area contributed by atoms with E-state index in [4.69, 9.17) is 0 Å². The van der Waals surface area contributed by atoms with E-state index in [1.165, 1.54) is 50.5 Å². The lowest BCUT2D eigenvalue weighted by Crippen LogP contribution is -2.23. The molecule has 0 heterocycles. The van der Waals surface area contributed by atoms with Gasteiger partial charge in [-0.2, -0.15) is 0 Å². The van der Waals surface area contributed by atoms with E-state index >= 15 is 0 Å². The molecule has 1 heteroatoms. The van der Waals surface area contributed by atoms with E-state index in [1.807, 2.05) is 0 Å². The Kier molecular flexibility index (Phi) is 6.59. The molecule has 0 aromatic heterocycles. The van der Waals surface area contributed by atoms with Crippen molar-refractivity contribution < 1.29 is 0 Å². The van der Waals surface area contributed by atoms with E-state index in [-0.39, 0.29) is 0 Å². The van der Waals surface area contributed by atoms with Gasteiger partial charge in [-0.15, -0.1) is 0 Å². The van der Waals surface area contributed by atoms with E-state index in [1.54, 1.807) is 0 Å². The monoisotopic (exact) mass is 273 g/mol. The Morgan fingerprint density at radius 3 is 2.45 bits per heavy atom. The van der Waals surface area contributed by atoms with E-state index in [2.05, 4.69) is 49.5 Å². The molecule has 1 fully saturated rings. The van der Waals surface area contributed by atoms with Crippen molar-refractivity contribution >= 4 is 0 Å². The number of nitrogens with one attached hydrogen (secondary N) is 1. The Hall–Kier alpha value is -0.820. The maximum absolute atomic E-state index is 3.73. The third kappa shape index (κ3) is 4.94. The molecule has 1 aromatic carbocycles. The van der Waals surface area contributed by atoms with Crippen LogP contribution < -0.4 is 5.32 Å². The summed E-state index contributed by atoms with van der Waals surface area (Å²) in [5, 5.41) is 3.73. The number of rotatable bonds is 7. The first-order valence-electron chi connectivity index (χ1n) is 8.58. The van der Waals surface area contributed by atoms with Crippen molar-refractivity contribution in [1.29, 1.82) is 0 Å². The highest BCUT2D eigenvalue weighted by molar-refractivity contribution is 5.18.